The number of nitrogens with zero attached hydrogens (tertiary/aromatic N) is 1. The summed E-state index contributed by atoms with van der Waals surface area (Å²) in [7, 11) is -3.69. The van der Waals surface area contributed by atoms with E-state index in [1.807, 2.05) is 6.92 Å². The van der Waals surface area contributed by atoms with Crippen LogP contribution < -0.4 is 0 Å². The molecule has 0 spiro atoms. The van der Waals surface area contributed by atoms with Crippen LogP contribution in [0.5, 0.6) is 0 Å². The molecule has 2 aromatic rings. The van der Waals surface area contributed by atoms with Crippen molar-refractivity contribution in [3.05, 3.63) is 69.5 Å². The van der Waals surface area contributed by atoms with Gasteiger partial charge in [0.05, 0.1) is 10.5 Å². The first-order chi connectivity index (χ1) is 9.45. The third-order valence-electron chi connectivity index (χ3n) is 2.91. The molecule has 1 unspecified atom stereocenters. The number of benzene rings is 2. The summed E-state index contributed by atoms with van der Waals surface area (Å²) in [5.74, 6) is 0. The van der Waals surface area contributed by atoms with E-state index in [9.17, 15) is 8.42 Å². The SMILES string of the molecule is C#[N+]C(c1cccc(Cl)c1)S(=O)(=O)c1ccc(C)cc1. The van der Waals surface area contributed by atoms with Crippen LogP contribution in [0.2, 0.25) is 5.02 Å². The van der Waals surface area contributed by atoms with E-state index in [-0.39, 0.29) is 4.90 Å². The lowest BCUT2D eigenvalue weighted by atomic mass is 10.2. The minimum Gasteiger partial charge on any atom is -0.215 e. The Hall–Kier alpha value is -1.83. The molecule has 0 radical (unpaired) electrons. The minimum atomic E-state index is -3.69. The molecule has 2 aromatic carbocycles. The number of hydrogen-bond acceptors (Lipinski definition) is 2. The average Bonchev–Trinajstić information content (AvgIpc) is 2.40. The summed E-state index contributed by atoms with van der Waals surface area (Å²) < 4.78 is 25.1. The first-order valence-electron chi connectivity index (χ1n) is 5.91. The van der Waals surface area contributed by atoms with Gasteiger partial charge in [0, 0.05) is 5.02 Å². The van der Waals surface area contributed by atoms with Crippen molar-refractivity contribution >= 4 is 21.4 Å². The van der Waals surface area contributed by atoms with Gasteiger partial charge in [0.1, 0.15) is 0 Å². The van der Waals surface area contributed by atoms with E-state index in [2.05, 4.69) is 4.85 Å². The second-order valence-electron chi connectivity index (χ2n) is 4.41. The largest absolute Gasteiger partial charge is 0.398 e. The summed E-state index contributed by atoms with van der Waals surface area (Å²) in [5, 5.41) is -0.723. The average molecular weight is 307 g/mol. The molecule has 2 rings (SSSR count). The molecular weight excluding hydrogens is 294 g/mol. The molecule has 20 heavy (non-hydrogen) atoms. The Morgan fingerprint density at radius 2 is 1.80 bits per heavy atom. The summed E-state index contributed by atoms with van der Waals surface area (Å²) >= 11 is 5.89. The van der Waals surface area contributed by atoms with Crippen molar-refractivity contribution in [3.8, 4) is 6.57 Å². The zero-order valence-corrected chi connectivity index (χ0v) is 12.4. The van der Waals surface area contributed by atoms with Crippen LogP contribution in [-0.2, 0) is 9.84 Å². The van der Waals surface area contributed by atoms with Crippen molar-refractivity contribution < 1.29 is 8.42 Å². The Morgan fingerprint density at radius 3 is 2.35 bits per heavy atom. The van der Waals surface area contributed by atoms with E-state index in [0.29, 0.717) is 10.6 Å². The molecule has 1 atom stereocenters. The Bertz CT molecular complexity index is 761. The lowest BCUT2D eigenvalue weighted by Crippen LogP contribution is -2.10. The maximum absolute atomic E-state index is 12.6. The van der Waals surface area contributed by atoms with Crippen LogP contribution in [-0.4, -0.2) is 8.42 Å². The van der Waals surface area contributed by atoms with Crippen molar-refractivity contribution in [2.45, 2.75) is 17.2 Å². The van der Waals surface area contributed by atoms with Crippen LogP contribution in [0.3, 0.4) is 0 Å². The zero-order valence-electron chi connectivity index (χ0n) is 10.8. The molecule has 0 aromatic heterocycles. The Balaban J connectivity index is 2.51. The first kappa shape index (κ1) is 14.6. The van der Waals surface area contributed by atoms with Crippen molar-refractivity contribution in [2.24, 2.45) is 0 Å². The van der Waals surface area contributed by atoms with E-state index < -0.39 is 15.2 Å². The molecule has 0 bridgehead atoms. The zero-order chi connectivity index (χ0) is 14.8. The van der Waals surface area contributed by atoms with Gasteiger partial charge in [-0.3, -0.25) is 0 Å². The monoisotopic (exact) mass is 306 g/mol. The van der Waals surface area contributed by atoms with Gasteiger partial charge in [-0.25, -0.2) is 8.42 Å². The highest BCUT2D eigenvalue weighted by Crippen LogP contribution is 2.31. The Morgan fingerprint density at radius 1 is 1.15 bits per heavy atom. The van der Waals surface area contributed by atoms with Crippen molar-refractivity contribution in [3.63, 3.8) is 0 Å². The first-order valence-corrected chi connectivity index (χ1v) is 7.83. The maximum atomic E-state index is 12.6. The molecule has 102 valence electrons. The number of halogens is 1. The smallest absolute Gasteiger partial charge is 0.215 e. The van der Waals surface area contributed by atoms with Crippen LogP contribution in [0.25, 0.3) is 4.85 Å². The summed E-state index contributed by atoms with van der Waals surface area (Å²) in [6.45, 7) is 7.20. The third kappa shape index (κ3) is 2.84. The standard InChI is InChI=1S/C15H13ClNO2S/c1-11-6-8-14(9-7-11)20(18,19)15(17-2)12-4-3-5-13(16)10-12/h2-10,15H,1H3/q+1. The molecule has 0 saturated heterocycles. The Labute approximate surface area is 123 Å². The van der Waals surface area contributed by atoms with E-state index in [0.717, 1.165) is 5.56 Å². The van der Waals surface area contributed by atoms with E-state index >= 15 is 0 Å². The van der Waals surface area contributed by atoms with Crippen LogP contribution in [0, 0.1) is 13.5 Å². The van der Waals surface area contributed by atoms with Gasteiger partial charge in [-0.05, 0) is 37.3 Å². The highest BCUT2D eigenvalue weighted by atomic mass is 35.5. The van der Waals surface area contributed by atoms with Gasteiger partial charge in [0.25, 0.3) is 16.4 Å². The van der Waals surface area contributed by atoms with Gasteiger partial charge in [-0.2, -0.15) is 0 Å². The second kappa shape index (κ2) is 5.66. The van der Waals surface area contributed by atoms with Crippen LogP contribution in [0.15, 0.2) is 53.4 Å². The topological polar surface area (TPSA) is 38.5 Å². The molecule has 0 aliphatic heterocycles. The highest BCUT2D eigenvalue weighted by Gasteiger charge is 2.37. The van der Waals surface area contributed by atoms with Gasteiger partial charge in [-0.1, -0.05) is 40.2 Å². The number of aryl methyl sites for hydroxylation is 1. The molecule has 5 heteroatoms. The number of rotatable bonds is 3. The van der Waals surface area contributed by atoms with E-state index in [1.165, 1.54) is 0 Å². The number of sulfone groups is 1. The molecule has 3 nitrogen and oxygen atoms in total. The lowest BCUT2D eigenvalue weighted by molar-refractivity contribution is 0.590. The fourth-order valence-corrected chi connectivity index (χ4v) is 3.50. The fraction of sp³-hybridized carbons (Fsp3) is 0.133. The molecule has 0 aliphatic carbocycles. The van der Waals surface area contributed by atoms with Gasteiger partial charge in [-0.15, -0.1) is 0 Å². The summed E-state index contributed by atoms with van der Waals surface area (Å²) in [5.41, 5.74) is 1.42. The van der Waals surface area contributed by atoms with Crippen LogP contribution in [0.1, 0.15) is 16.5 Å². The molecule has 0 heterocycles. The van der Waals surface area contributed by atoms with Crippen molar-refractivity contribution in [2.75, 3.05) is 0 Å². The molecular formula is C15H13ClNO2S+. The summed E-state index contributed by atoms with van der Waals surface area (Å²) in [6.07, 6.45) is 0. The summed E-state index contributed by atoms with van der Waals surface area (Å²) in [6, 6.07) is 13.1. The molecule has 0 amide bonds. The molecule has 0 fully saturated rings. The highest BCUT2D eigenvalue weighted by molar-refractivity contribution is 7.91. The van der Waals surface area contributed by atoms with Gasteiger partial charge < -0.3 is 0 Å². The fourth-order valence-electron chi connectivity index (χ4n) is 1.86. The lowest BCUT2D eigenvalue weighted by Gasteiger charge is -2.06. The predicted octanol–water partition coefficient (Wildman–Crippen LogP) is 4.08. The van der Waals surface area contributed by atoms with Crippen LogP contribution >= 0.6 is 11.6 Å². The normalized spacial score (nSPS) is 12.7. The van der Waals surface area contributed by atoms with E-state index in [1.54, 1.807) is 48.5 Å². The molecule has 0 saturated carbocycles. The second-order valence-corrected chi connectivity index (χ2v) is 6.86. The van der Waals surface area contributed by atoms with Gasteiger partial charge in [0.2, 0.25) is 0 Å². The van der Waals surface area contributed by atoms with E-state index in [4.69, 9.17) is 18.2 Å². The minimum absolute atomic E-state index is 0.183. The van der Waals surface area contributed by atoms with Crippen molar-refractivity contribution in [1.82, 2.24) is 0 Å². The van der Waals surface area contributed by atoms with Gasteiger partial charge in [0.15, 0.2) is 0 Å². The quantitative estimate of drug-likeness (QED) is 0.857. The third-order valence-corrected chi connectivity index (χ3v) is 5.06. The van der Waals surface area contributed by atoms with Gasteiger partial charge >= 0.3 is 5.37 Å². The van der Waals surface area contributed by atoms with Crippen molar-refractivity contribution in [1.29, 1.82) is 0 Å². The summed E-state index contributed by atoms with van der Waals surface area (Å²) in [4.78, 5) is 3.71. The Kier molecular flexibility index (Phi) is 4.12. The molecule has 0 aliphatic rings. The predicted molar refractivity (Wildman–Crippen MR) is 80.9 cm³/mol. The molecule has 0 N–H and O–H groups in total. The number of hydrogen-bond donors (Lipinski definition) is 0. The van der Waals surface area contributed by atoms with Crippen LogP contribution in [0.4, 0.5) is 0 Å². The maximum Gasteiger partial charge on any atom is 0.398 e.